The number of piperazine rings is 1. The van der Waals surface area contributed by atoms with Crippen molar-refractivity contribution in [3.63, 3.8) is 0 Å². The van der Waals surface area contributed by atoms with Gasteiger partial charge < -0.3 is 5.32 Å². The predicted molar refractivity (Wildman–Crippen MR) is 66.8 cm³/mol. The molecule has 2 heterocycles. The van der Waals surface area contributed by atoms with Gasteiger partial charge in [0.2, 0.25) is 0 Å². The molecule has 0 amide bonds. The van der Waals surface area contributed by atoms with Gasteiger partial charge in [-0.15, -0.1) is 0 Å². The topological polar surface area (TPSA) is 15.3 Å². The van der Waals surface area contributed by atoms with Crippen molar-refractivity contribution in [2.45, 2.75) is 31.5 Å². The van der Waals surface area contributed by atoms with E-state index in [4.69, 9.17) is 11.6 Å². The monoisotopic (exact) mass is 236 g/mol. The van der Waals surface area contributed by atoms with Gasteiger partial charge in [0.25, 0.3) is 0 Å². The normalized spacial score (nSPS) is 30.9. The maximum absolute atomic E-state index is 6.26. The van der Waals surface area contributed by atoms with Crippen molar-refractivity contribution in [1.82, 2.24) is 10.2 Å². The first-order chi connectivity index (χ1) is 7.75. The maximum Gasteiger partial charge on any atom is 0.0453 e. The standard InChI is InChI=1S/C13H17ClN2/c1-9(12-4-2-3-5-13(12)14)16-8-10-6-11(16)7-15-10/h2-5,9-11,15H,6-8H2,1H3. The summed E-state index contributed by atoms with van der Waals surface area (Å²) < 4.78 is 0. The molecule has 0 aliphatic carbocycles. The molecule has 1 aromatic carbocycles. The number of fused-ring (bicyclic) bond motifs is 2. The first-order valence-corrected chi connectivity index (χ1v) is 6.37. The van der Waals surface area contributed by atoms with Crippen LogP contribution in [0.5, 0.6) is 0 Å². The summed E-state index contributed by atoms with van der Waals surface area (Å²) >= 11 is 6.26. The van der Waals surface area contributed by atoms with Gasteiger partial charge in [0.1, 0.15) is 0 Å². The molecule has 2 bridgehead atoms. The second-order valence-electron chi connectivity index (χ2n) is 4.89. The van der Waals surface area contributed by atoms with Crippen LogP contribution in [0.1, 0.15) is 24.9 Å². The largest absolute Gasteiger partial charge is 0.311 e. The van der Waals surface area contributed by atoms with E-state index in [1.165, 1.54) is 12.0 Å². The number of hydrogen-bond donors (Lipinski definition) is 1. The molecule has 2 saturated heterocycles. The minimum atomic E-state index is 0.436. The highest BCUT2D eigenvalue weighted by Gasteiger charge is 2.40. The number of nitrogens with one attached hydrogen (secondary N) is 1. The van der Waals surface area contributed by atoms with Crippen LogP contribution in [0.4, 0.5) is 0 Å². The molecule has 0 spiro atoms. The Balaban J connectivity index is 1.83. The van der Waals surface area contributed by atoms with Crippen LogP contribution in [0, 0.1) is 0 Å². The zero-order chi connectivity index (χ0) is 11.1. The predicted octanol–water partition coefficient (Wildman–Crippen LogP) is 2.45. The first-order valence-electron chi connectivity index (χ1n) is 5.99. The van der Waals surface area contributed by atoms with Crippen molar-refractivity contribution in [2.24, 2.45) is 0 Å². The van der Waals surface area contributed by atoms with Crippen molar-refractivity contribution < 1.29 is 0 Å². The lowest BCUT2D eigenvalue weighted by molar-refractivity contribution is 0.171. The van der Waals surface area contributed by atoms with E-state index in [0.717, 1.165) is 18.1 Å². The number of hydrogen-bond acceptors (Lipinski definition) is 2. The summed E-state index contributed by atoms with van der Waals surface area (Å²) in [6.45, 7) is 4.57. The molecule has 0 saturated carbocycles. The number of nitrogens with zero attached hydrogens (tertiary/aromatic N) is 1. The number of likely N-dealkylation sites (tertiary alicyclic amines) is 1. The lowest BCUT2D eigenvalue weighted by Crippen LogP contribution is -2.44. The van der Waals surface area contributed by atoms with Gasteiger partial charge in [-0.3, -0.25) is 4.90 Å². The lowest BCUT2D eigenvalue weighted by Gasteiger charge is -2.33. The fraction of sp³-hybridized carbons (Fsp3) is 0.538. The smallest absolute Gasteiger partial charge is 0.0453 e. The molecular formula is C13H17ClN2. The molecule has 1 aromatic rings. The summed E-state index contributed by atoms with van der Waals surface area (Å²) in [6, 6.07) is 10.0. The van der Waals surface area contributed by atoms with E-state index in [0.29, 0.717) is 18.1 Å². The van der Waals surface area contributed by atoms with Crippen LogP contribution in [-0.2, 0) is 0 Å². The van der Waals surface area contributed by atoms with E-state index >= 15 is 0 Å². The highest BCUT2D eigenvalue weighted by atomic mass is 35.5. The van der Waals surface area contributed by atoms with Crippen LogP contribution < -0.4 is 5.32 Å². The van der Waals surface area contributed by atoms with E-state index in [1.807, 2.05) is 12.1 Å². The molecule has 16 heavy (non-hydrogen) atoms. The zero-order valence-corrected chi connectivity index (χ0v) is 10.2. The van der Waals surface area contributed by atoms with Crippen molar-refractivity contribution in [2.75, 3.05) is 13.1 Å². The Morgan fingerprint density at radius 3 is 2.88 bits per heavy atom. The lowest BCUT2D eigenvalue weighted by atomic mass is 10.1. The summed E-state index contributed by atoms with van der Waals surface area (Å²) in [5.41, 5.74) is 1.26. The summed E-state index contributed by atoms with van der Waals surface area (Å²) in [4.78, 5) is 2.59. The van der Waals surface area contributed by atoms with Crippen LogP contribution in [-0.4, -0.2) is 30.1 Å². The van der Waals surface area contributed by atoms with Gasteiger partial charge in [-0.1, -0.05) is 29.8 Å². The Kier molecular flexibility index (Phi) is 2.66. The van der Waals surface area contributed by atoms with E-state index in [-0.39, 0.29) is 0 Å². The quantitative estimate of drug-likeness (QED) is 0.849. The van der Waals surface area contributed by atoms with Crippen LogP contribution >= 0.6 is 11.6 Å². The molecule has 2 aliphatic heterocycles. The third-order valence-corrected chi connectivity index (χ3v) is 4.30. The van der Waals surface area contributed by atoms with Gasteiger partial charge in [0, 0.05) is 36.2 Å². The molecule has 3 unspecified atom stereocenters. The number of halogens is 1. The molecule has 3 heteroatoms. The van der Waals surface area contributed by atoms with Crippen molar-refractivity contribution in [1.29, 1.82) is 0 Å². The molecule has 3 rings (SSSR count). The number of rotatable bonds is 2. The molecule has 3 atom stereocenters. The minimum Gasteiger partial charge on any atom is -0.311 e. The zero-order valence-electron chi connectivity index (χ0n) is 9.49. The first kappa shape index (κ1) is 10.6. The summed E-state index contributed by atoms with van der Waals surface area (Å²) in [5, 5.41) is 4.43. The van der Waals surface area contributed by atoms with E-state index < -0.39 is 0 Å². The van der Waals surface area contributed by atoms with E-state index in [9.17, 15) is 0 Å². The van der Waals surface area contributed by atoms with Crippen LogP contribution in [0.3, 0.4) is 0 Å². The van der Waals surface area contributed by atoms with E-state index in [2.05, 4.69) is 29.3 Å². The molecule has 2 aliphatic rings. The Hall–Kier alpha value is -0.570. The second-order valence-corrected chi connectivity index (χ2v) is 5.30. The minimum absolute atomic E-state index is 0.436. The molecule has 86 valence electrons. The summed E-state index contributed by atoms with van der Waals surface area (Å²) in [5.74, 6) is 0. The number of benzene rings is 1. The third-order valence-electron chi connectivity index (χ3n) is 3.95. The molecule has 1 N–H and O–H groups in total. The summed E-state index contributed by atoms with van der Waals surface area (Å²) in [7, 11) is 0. The Morgan fingerprint density at radius 1 is 1.44 bits per heavy atom. The SMILES string of the molecule is CC(c1ccccc1Cl)N1CC2CC1CN2. The van der Waals surface area contributed by atoms with Crippen LogP contribution in [0.15, 0.2) is 24.3 Å². The maximum atomic E-state index is 6.26. The fourth-order valence-corrected chi connectivity index (χ4v) is 3.35. The Bertz CT molecular complexity index is 393. The Labute approximate surface area is 102 Å². The van der Waals surface area contributed by atoms with Crippen molar-refractivity contribution >= 4 is 11.6 Å². The molecule has 0 radical (unpaired) electrons. The molecule has 0 aromatic heterocycles. The van der Waals surface area contributed by atoms with Gasteiger partial charge >= 0.3 is 0 Å². The fourth-order valence-electron chi connectivity index (χ4n) is 3.06. The van der Waals surface area contributed by atoms with Gasteiger partial charge in [-0.05, 0) is 25.0 Å². The third kappa shape index (κ3) is 1.65. The van der Waals surface area contributed by atoms with Crippen LogP contribution in [0.2, 0.25) is 5.02 Å². The van der Waals surface area contributed by atoms with Gasteiger partial charge in [0.05, 0.1) is 0 Å². The second kappa shape index (κ2) is 4.02. The average molecular weight is 237 g/mol. The van der Waals surface area contributed by atoms with Crippen molar-refractivity contribution in [3.8, 4) is 0 Å². The van der Waals surface area contributed by atoms with Crippen LogP contribution in [0.25, 0.3) is 0 Å². The van der Waals surface area contributed by atoms with Gasteiger partial charge in [-0.25, -0.2) is 0 Å². The highest BCUT2D eigenvalue weighted by molar-refractivity contribution is 6.31. The van der Waals surface area contributed by atoms with E-state index in [1.54, 1.807) is 0 Å². The Morgan fingerprint density at radius 2 is 2.25 bits per heavy atom. The average Bonchev–Trinajstić information content (AvgIpc) is 2.90. The van der Waals surface area contributed by atoms with Gasteiger partial charge in [0.15, 0.2) is 0 Å². The molecule has 2 fully saturated rings. The molecular weight excluding hydrogens is 220 g/mol. The van der Waals surface area contributed by atoms with Gasteiger partial charge in [-0.2, -0.15) is 0 Å². The molecule has 2 nitrogen and oxygen atoms in total. The summed E-state index contributed by atoms with van der Waals surface area (Å²) in [6.07, 6.45) is 1.30. The highest BCUT2D eigenvalue weighted by Crippen LogP contribution is 2.34. The van der Waals surface area contributed by atoms with Crippen molar-refractivity contribution in [3.05, 3.63) is 34.9 Å².